The molecule has 4 rings (SSSR count). The number of nitrogens with one attached hydrogen (secondary N) is 1. The number of carboxylic acid groups (broad SMARTS) is 1. The molecule has 0 atom stereocenters. The molecule has 134 valence electrons. The molecule has 0 radical (unpaired) electrons. The number of rotatable bonds is 4. The average molecular weight is 363 g/mol. The van der Waals surface area contributed by atoms with Gasteiger partial charge in [-0.05, 0) is 29.8 Å². The number of H-pyrrole nitrogens is 1. The minimum absolute atomic E-state index is 0.360. The summed E-state index contributed by atoms with van der Waals surface area (Å²) in [7, 11) is 1.55. The summed E-state index contributed by atoms with van der Waals surface area (Å²) in [5.41, 5.74) is 3.30. The topological polar surface area (TPSA) is 88.1 Å². The van der Waals surface area contributed by atoms with Gasteiger partial charge < -0.3 is 14.8 Å². The van der Waals surface area contributed by atoms with Crippen LogP contribution in [0.2, 0.25) is 0 Å². The number of pyridine rings is 2. The Morgan fingerprint density at radius 3 is 2.52 bits per heavy atom. The van der Waals surface area contributed by atoms with Gasteiger partial charge in [-0.3, -0.25) is 0 Å². The van der Waals surface area contributed by atoms with E-state index in [9.17, 15) is 9.18 Å². The van der Waals surface area contributed by atoms with Crippen LogP contribution in [0.1, 0.15) is 10.4 Å². The van der Waals surface area contributed by atoms with E-state index in [-0.39, 0.29) is 5.56 Å². The first kappa shape index (κ1) is 16.7. The molecule has 0 unspecified atom stereocenters. The number of nitrogens with zero attached hydrogens (tertiary/aromatic N) is 2. The molecule has 3 aromatic heterocycles. The van der Waals surface area contributed by atoms with Gasteiger partial charge in [-0.2, -0.15) is 0 Å². The van der Waals surface area contributed by atoms with E-state index in [1.54, 1.807) is 37.8 Å². The third-order valence-corrected chi connectivity index (χ3v) is 4.32. The molecule has 4 aromatic rings. The summed E-state index contributed by atoms with van der Waals surface area (Å²) in [5, 5.41) is 9.78. The lowest BCUT2D eigenvalue weighted by atomic mass is 10.0. The summed E-state index contributed by atoms with van der Waals surface area (Å²) in [6, 6.07) is 9.63. The van der Waals surface area contributed by atoms with Crippen LogP contribution in [-0.2, 0) is 0 Å². The Balaban J connectivity index is 1.80. The van der Waals surface area contributed by atoms with Gasteiger partial charge in [0.15, 0.2) is 0 Å². The molecule has 0 spiro atoms. The minimum atomic E-state index is -1.30. The largest absolute Gasteiger partial charge is 0.481 e. The molecule has 0 saturated heterocycles. The summed E-state index contributed by atoms with van der Waals surface area (Å²) in [6.07, 6.45) is 5.14. The van der Waals surface area contributed by atoms with E-state index in [1.165, 1.54) is 12.1 Å². The van der Waals surface area contributed by atoms with Crippen molar-refractivity contribution < 1.29 is 19.0 Å². The number of methoxy groups -OCH3 is 1. The number of ether oxygens (including phenoxy) is 1. The smallest absolute Gasteiger partial charge is 0.338 e. The zero-order valence-electron chi connectivity index (χ0n) is 14.2. The predicted octanol–water partition coefficient (Wildman–Crippen LogP) is 4.14. The van der Waals surface area contributed by atoms with Crippen LogP contribution in [-0.4, -0.2) is 33.1 Å². The maximum Gasteiger partial charge on any atom is 0.338 e. The molecule has 6 nitrogen and oxygen atoms in total. The number of hydrogen-bond acceptors (Lipinski definition) is 4. The van der Waals surface area contributed by atoms with Crippen molar-refractivity contribution in [2.75, 3.05) is 7.11 Å². The van der Waals surface area contributed by atoms with Gasteiger partial charge in [0.1, 0.15) is 11.5 Å². The lowest BCUT2D eigenvalue weighted by molar-refractivity contribution is 0.0692. The van der Waals surface area contributed by atoms with Crippen molar-refractivity contribution in [1.29, 1.82) is 0 Å². The lowest BCUT2D eigenvalue weighted by Crippen LogP contribution is -2.00. The lowest BCUT2D eigenvalue weighted by Gasteiger charge is -2.05. The quantitative estimate of drug-likeness (QED) is 0.569. The number of carbonyl (C=O) groups is 1. The van der Waals surface area contributed by atoms with Crippen molar-refractivity contribution in [2.45, 2.75) is 0 Å². The molecule has 0 amide bonds. The third kappa shape index (κ3) is 2.99. The fraction of sp³-hybridized carbons (Fsp3) is 0.0500. The maximum absolute atomic E-state index is 14.1. The van der Waals surface area contributed by atoms with Crippen LogP contribution in [0.25, 0.3) is 33.3 Å². The molecular formula is C20H14FN3O3. The Labute approximate surface area is 153 Å². The highest BCUT2D eigenvalue weighted by molar-refractivity contribution is 5.96. The fourth-order valence-corrected chi connectivity index (χ4v) is 2.93. The zero-order chi connectivity index (χ0) is 19.0. The highest BCUT2D eigenvalue weighted by Crippen LogP contribution is 2.32. The van der Waals surface area contributed by atoms with Gasteiger partial charge in [-0.15, -0.1) is 0 Å². The minimum Gasteiger partial charge on any atom is -0.481 e. The first-order valence-corrected chi connectivity index (χ1v) is 8.07. The fourth-order valence-electron chi connectivity index (χ4n) is 2.93. The van der Waals surface area contributed by atoms with E-state index in [0.29, 0.717) is 17.1 Å². The maximum atomic E-state index is 14.1. The van der Waals surface area contributed by atoms with Crippen LogP contribution in [0.15, 0.2) is 55.0 Å². The van der Waals surface area contributed by atoms with Gasteiger partial charge in [-0.1, -0.05) is 6.07 Å². The van der Waals surface area contributed by atoms with Crippen LogP contribution in [0.5, 0.6) is 5.88 Å². The Kier molecular flexibility index (Phi) is 4.04. The van der Waals surface area contributed by atoms with E-state index in [1.807, 2.05) is 12.1 Å². The number of fused-ring (bicyclic) bond motifs is 1. The van der Waals surface area contributed by atoms with Crippen molar-refractivity contribution in [1.82, 2.24) is 15.0 Å². The SMILES string of the molecule is COc1ccc(-c2cnc3[nH]cc(-c4ccc(C(=O)O)c(F)c4)c3c2)cn1. The number of aromatic amines is 1. The van der Waals surface area contributed by atoms with Crippen LogP contribution in [0, 0.1) is 5.82 Å². The highest BCUT2D eigenvalue weighted by Gasteiger charge is 2.14. The standard InChI is InChI=1S/C20H14FN3O3/c1-27-18-5-3-12(8-22-18)13-6-15-16(10-24-19(15)23-9-13)11-2-4-14(20(25)26)17(21)7-11/h2-10H,1H3,(H,23,24)(H,25,26). The number of hydrogen-bond donors (Lipinski definition) is 2. The average Bonchev–Trinajstić information content (AvgIpc) is 3.11. The van der Waals surface area contributed by atoms with Gasteiger partial charge in [-0.25, -0.2) is 19.2 Å². The van der Waals surface area contributed by atoms with Crippen LogP contribution in [0.4, 0.5) is 4.39 Å². The van der Waals surface area contributed by atoms with Crippen molar-refractivity contribution in [3.8, 4) is 28.1 Å². The van der Waals surface area contributed by atoms with Crippen molar-refractivity contribution >= 4 is 17.0 Å². The molecule has 0 saturated carbocycles. The van der Waals surface area contributed by atoms with Gasteiger partial charge >= 0.3 is 5.97 Å². The molecule has 0 aliphatic heterocycles. The summed E-state index contributed by atoms with van der Waals surface area (Å²) in [5.74, 6) is -1.56. The van der Waals surface area contributed by atoms with Crippen molar-refractivity contribution in [3.63, 3.8) is 0 Å². The molecule has 0 aliphatic rings. The van der Waals surface area contributed by atoms with E-state index in [2.05, 4.69) is 15.0 Å². The van der Waals surface area contributed by atoms with Gasteiger partial charge in [0.25, 0.3) is 0 Å². The molecule has 7 heteroatoms. The Hall–Kier alpha value is -3.74. The molecule has 27 heavy (non-hydrogen) atoms. The summed E-state index contributed by atoms with van der Waals surface area (Å²) < 4.78 is 19.2. The van der Waals surface area contributed by atoms with Crippen molar-refractivity contribution in [2.24, 2.45) is 0 Å². The monoisotopic (exact) mass is 363 g/mol. The number of benzene rings is 1. The van der Waals surface area contributed by atoms with Crippen LogP contribution in [0.3, 0.4) is 0 Å². The highest BCUT2D eigenvalue weighted by atomic mass is 19.1. The Morgan fingerprint density at radius 1 is 1.07 bits per heavy atom. The third-order valence-electron chi connectivity index (χ3n) is 4.32. The number of aromatic carboxylic acids is 1. The Morgan fingerprint density at radius 2 is 1.85 bits per heavy atom. The van der Waals surface area contributed by atoms with Gasteiger partial charge in [0, 0.05) is 46.7 Å². The first-order chi connectivity index (χ1) is 13.1. The molecule has 3 heterocycles. The van der Waals surface area contributed by atoms with E-state index in [4.69, 9.17) is 9.84 Å². The second-order valence-corrected chi connectivity index (χ2v) is 5.91. The molecular weight excluding hydrogens is 349 g/mol. The van der Waals surface area contributed by atoms with Crippen LogP contribution < -0.4 is 4.74 Å². The normalized spacial score (nSPS) is 10.9. The molecule has 1 aromatic carbocycles. The van der Waals surface area contributed by atoms with Crippen LogP contribution >= 0.6 is 0 Å². The summed E-state index contributed by atoms with van der Waals surface area (Å²) >= 11 is 0. The summed E-state index contributed by atoms with van der Waals surface area (Å²) in [6.45, 7) is 0. The Bertz CT molecular complexity index is 1150. The number of halogens is 1. The second-order valence-electron chi connectivity index (χ2n) is 5.91. The number of aromatic nitrogens is 3. The van der Waals surface area contributed by atoms with Gasteiger partial charge in [0.05, 0.1) is 12.7 Å². The number of carboxylic acids is 1. The van der Waals surface area contributed by atoms with Crippen molar-refractivity contribution in [3.05, 3.63) is 66.4 Å². The predicted molar refractivity (Wildman–Crippen MR) is 98.2 cm³/mol. The first-order valence-electron chi connectivity index (χ1n) is 8.07. The summed E-state index contributed by atoms with van der Waals surface area (Å²) in [4.78, 5) is 22.7. The molecule has 0 fully saturated rings. The van der Waals surface area contributed by atoms with E-state index < -0.39 is 11.8 Å². The second kappa shape index (κ2) is 6.53. The van der Waals surface area contributed by atoms with E-state index in [0.717, 1.165) is 22.1 Å². The van der Waals surface area contributed by atoms with E-state index >= 15 is 0 Å². The molecule has 0 aliphatic carbocycles. The zero-order valence-corrected chi connectivity index (χ0v) is 14.2. The molecule has 0 bridgehead atoms. The van der Waals surface area contributed by atoms with Gasteiger partial charge in [0.2, 0.25) is 5.88 Å². The molecule has 2 N–H and O–H groups in total.